The first kappa shape index (κ1) is 22.5. The lowest BCUT2D eigenvalue weighted by Gasteiger charge is -2.15. The highest BCUT2D eigenvalue weighted by Gasteiger charge is 2.15. The molecule has 1 amide bonds. The third-order valence-electron chi connectivity index (χ3n) is 4.77. The Hall–Kier alpha value is -2.15. The number of nitrogens with one attached hydrogen (secondary N) is 1. The second-order valence-corrected chi connectivity index (χ2v) is 14.8. The summed E-state index contributed by atoms with van der Waals surface area (Å²) in [5.41, 5.74) is 3.72. The molecule has 2 aliphatic rings. The molecule has 0 spiro atoms. The number of halogens is 1. The van der Waals surface area contributed by atoms with Crippen LogP contribution in [0.4, 0.5) is 5.82 Å². The average molecular weight is 444 g/mol. The number of anilines is 1. The predicted molar refractivity (Wildman–Crippen MR) is 128 cm³/mol. The number of carbonyl (C=O) groups excluding carboxylic acids is 1. The van der Waals surface area contributed by atoms with Crippen LogP contribution < -0.4 is 5.32 Å². The van der Waals surface area contributed by atoms with Gasteiger partial charge in [-0.3, -0.25) is 4.79 Å². The highest BCUT2D eigenvalue weighted by Crippen LogP contribution is 2.32. The van der Waals surface area contributed by atoms with Crippen LogP contribution >= 0.6 is 11.6 Å². The first-order valence-electron chi connectivity index (χ1n) is 10.4. The zero-order valence-electron chi connectivity index (χ0n) is 18.2. The summed E-state index contributed by atoms with van der Waals surface area (Å²) in [6.07, 6.45) is 1.28. The van der Waals surface area contributed by atoms with Crippen LogP contribution in [0.5, 0.6) is 0 Å². The van der Waals surface area contributed by atoms with Gasteiger partial charge >= 0.3 is 0 Å². The van der Waals surface area contributed by atoms with Crippen LogP contribution in [0, 0.1) is 0 Å². The number of rotatable bonds is 8. The maximum absolute atomic E-state index is 11.9. The minimum absolute atomic E-state index is 0.0290. The monoisotopic (exact) mass is 443 g/mol. The molecule has 1 aromatic carbocycles. The van der Waals surface area contributed by atoms with Gasteiger partial charge in [0, 0.05) is 31.5 Å². The maximum Gasteiger partial charge on any atom is 0.225 e. The lowest BCUT2D eigenvalue weighted by Crippen LogP contribution is -2.22. The highest BCUT2D eigenvalue weighted by atomic mass is 35.5. The van der Waals surface area contributed by atoms with E-state index in [1.165, 1.54) is 11.1 Å². The van der Waals surface area contributed by atoms with Crippen molar-refractivity contribution in [2.45, 2.75) is 52.2 Å². The van der Waals surface area contributed by atoms with Crippen molar-refractivity contribution < 1.29 is 9.53 Å². The van der Waals surface area contributed by atoms with Crippen molar-refractivity contribution in [1.82, 2.24) is 9.78 Å². The summed E-state index contributed by atoms with van der Waals surface area (Å²) in [4.78, 5) is 11.9. The fraction of sp³-hybridized carbons (Fsp3) is 0.391. The quantitative estimate of drug-likeness (QED) is 0.253. The minimum atomic E-state index is -1.12. The average Bonchev–Trinajstić information content (AvgIpc) is 3.12. The van der Waals surface area contributed by atoms with Crippen LogP contribution in [-0.4, -0.2) is 30.4 Å². The van der Waals surface area contributed by atoms with Gasteiger partial charge in [-0.25, -0.2) is 4.68 Å². The number of aromatic nitrogens is 2. The zero-order valence-corrected chi connectivity index (χ0v) is 19.9. The smallest absolute Gasteiger partial charge is 0.225 e. The Labute approximate surface area is 184 Å². The zero-order chi connectivity index (χ0) is 21.7. The molecule has 1 heterocycles. The molecule has 0 aliphatic heterocycles. The van der Waals surface area contributed by atoms with Crippen molar-refractivity contribution in [3.8, 4) is 11.1 Å². The topological polar surface area (TPSA) is 56.2 Å². The van der Waals surface area contributed by atoms with Gasteiger partial charge in [-0.2, -0.15) is 5.10 Å². The van der Waals surface area contributed by atoms with Gasteiger partial charge in [-0.15, -0.1) is 0 Å². The maximum atomic E-state index is 11.9. The highest BCUT2D eigenvalue weighted by molar-refractivity contribution is 6.76. The first-order valence-corrected chi connectivity index (χ1v) is 14.5. The molecule has 1 aromatic heterocycles. The number of ether oxygens (including phenoxy) is 1. The third kappa shape index (κ3) is 6.42. The Morgan fingerprint density at radius 1 is 1.17 bits per heavy atom. The molecule has 2 aromatic rings. The van der Waals surface area contributed by atoms with E-state index in [-0.39, 0.29) is 5.91 Å². The predicted octanol–water partition coefficient (Wildman–Crippen LogP) is 6.41. The molecule has 30 heavy (non-hydrogen) atoms. The number of carbonyl (C=O) groups is 1. The SMILES string of the molecule is CCCC(=O)Nc1nn(COCC[Si](C)(C)C)c2cc(Cl)ccc12.c1cc2cc-2c1. The van der Waals surface area contributed by atoms with Crippen LogP contribution in [0.1, 0.15) is 19.8 Å². The van der Waals surface area contributed by atoms with Crippen molar-refractivity contribution in [1.29, 1.82) is 0 Å². The molecule has 0 atom stereocenters. The normalized spacial score (nSPS) is 11.8. The number of fused-ring (bicyclic) bond motifs is 2. The Balaban J connectivity index is 0.000000357. The lowest BCUT2D eigenvalue weighted by atomic mass is 10.2. The molecule has 4 rings (SSSR count). The van der Waals surface area contributed by atoms with E-state index in [1.54, 1.807) is 10.7 Å². The second-order valence-electron chi connectivity index (χ2n) is 8.74. The van der Waals surface area contributed by atoms with Gasteiger partial charge in [0.25, 0.3) is 0 Å². The summed E-state index contributed by atoms with van der Waals surface area (Å²) in [7, 11) is -1.12. The number of amides is 1. The fourth-order valence-corrected chi connectivity index (χ4v) is 3.89. The largest absolute Gasteiger partial charge is 0.360 e. The van der Waals surface area contributed by atoms with Gasteiger partial charge in [0.2, 0.25) is 5.91 Å². The van der Waals surface area contributed by atoms with Crippen LogP contribution in [0.3, 0.4) is 0 Å². The summed E-state index contributed by atoms with van der Waals surface area (Å²) in [6.45, 7) is 10.0. The van der Waals surface area contributed by atoms with E-state index in [0.717, 1.165) is 30.0 Å². The summed E-state index contributed by atoms with van der Waals surface area (Å²) < 4.78 is 7.55. The van der Waals surface area contributed by atoms with Crippen molar-refractivity contribution in [3.63, 3.8) is 0 Å². The third-order valence-corrected chi connectivity index (χ3v) is 6.71. The standard InChI is InChI=1S/C17H26ClN3O2Si.C6H4/c1-5-6-16(22)19-17-14-8-7-13(18)11-15(14)21(20-17)12-23-9-10-24(2,3)4;1-2-5-4-6(5)3-1/h7-8,11H,5-6,9-10,12H2,1-4H3,(H,19,20,22);1-4H. The van der Waals surface area contributed by atoms with Crippen LogP contribution in [0.15, 0.2) is 42.5 Å². The van der Waals surface area contributed by atoms with Crippen LogP contribution in [0.25, 0.3) is 22.0 Å². The summed E-state index contributed by atoms with van der Waals surface area (Å²) in [5.74, 6) is 0.535. The molecule has 0 fully saturated rings. The molecule has 5 nitrogen and oxygen atoms in total. The molecule has 0 unspecified atom stereocenters. The molecule has 0 radical (unpaired) electrons. The molecule has 0 saturated carbocycles. The number of hydrogen-bond acceptors (Lipinski definition) is 3. The fourth-order valence-electron chi connectivity index (χ4n) is 2.96. The Kier molecular flexibility index (Phi) is 7.34. The first-order chi connectivity index (χ1) is 14.3. The molecule has 0 saturated heterocycles. The van der Waals surface area contributed by atoms with E-state index in [9.17, 15) is 4.79 Å². The van der Waals surface area contributed by atoms with Gasteiger partial charge in [-0.05, 0) is 47.9 Å². The van der Waals surface area contributed by atoms with Crippen molar-refractivity contribution in [2.75, 3.05) is 11.9 Å². The van der Waals surface area contributed by atoms with E-state index >= 15 is 0 Å². The van der Waals surface area contributed by atoms with Gasteiger partial charge < -0.3 is 10.1 Å². The summed E-state index contributed by atoms with van der Waals surface area (Å²) in [6, 6.07) is 15.1. The molecule has 1 N–H and O–H groups in total. The van der Waals surface area contributed by atoms with E-state index < -0.39 is 8.07 Å². The molecule has 2 aliphatic carbocycles. The van der Waals surface area contributed by atoms with Crippen LogP contribution in [0.2, 0.25) is 30.7 Å². The Bertz CT molecular complexity index is 1010. The second kappa shape index (κ2) is 9.77. The van der Waals surface area contributed by atoms with Crippen molar-refractivity contribution in [2.24, 2.45) is 0 Å². The van der Waals surface area contributed by atoms with Gasteiger partial charge in [0.1, 0.15) is 6.73 Å². The van der Waals surface area contributed by atoms with Crippen molar-refractivity contribution in [3.05, 3.63) is 47.5 Å². The molecular formula is C23H30ClN3O2Si. The molecule has 7 heteroatoms. The minimum Gasteiger partial charge on any atom is -0.360 e. The van der Waals surface area contributed by atoms with Gasteiger partial charge in [0.15, 0.2) is 5.82 Å². The number of benzene rings is 2. The molecule has 0 bridgehead atoms. The van der Waals surface area contributed by atoms with E-state index in [4.69, 9.17) is 16.3 Å². The lowest BCUT2D eigenvalue weighted by molar-refractivity contribution is -0.116. The number of hydrogen-bond donors (Lipinski definition) is 1. The van der Waals surface area contributed by atoms with Crippen molar-refractivity contribution >= 4 is 42.3 Å². The summed E-state index contributed by atoms with van der Waals surface area (Å²) >= 11 is 6.11. The van der Waals surface area contributed by atoms with E-state index in [2.05, 4.69) is 54.3 Å². The summed E-state index contributed by atoms with van der Waals surface area (Å²) in [5, 5.41) is 8.89. The van der Waals surface area contributed by atoms with Gasteiger partial charge in [0.05, 0.1) is 5.52 Å². The van der Waals surface area contributed by atoms with E-state index in [1.807, 2.05) is 19.1 Å². The molecular weight excluding hydrogens is 414 g/mol. The number of nitrogens with zero attached hydrogens (tertiary/aromatic N) is 2. The van der Waals surface area contributed by atoms with E-state index in [0.29, 0.717) is 24.0 Å². The Morgan fingerprint density at radius 3 is 2.47 bits per heavy atom. The van der Waals surface area contributed by atoms with Crippen LogP contribution in [-0.2, 0) is 16.3 Å². The van der Waals surface area contributed by atoms with Gasteiger partial charge in [-0.1, -0.05) is 56.4 Å². The molecule has 160 valence electrons. The Morgan fingerprint density at radius 2 is 1.90 bits per heavy atom.